The standard InChI is InChI=1S/C21H25NO3/c1-25-19-14-17(12-13-18(19)23)21(24)22-20(15-8-4-2-5-9-15)16-10-6-3-7-11-16/h2-11,17-20,23H,12-14H2,1H3,(H,22,24)/t17-,18+,19-/m1/s1. The first-order chi connectivity index (χ1) is 12.2. The van der Waals surface area contributed by atoms with Crippen LogP contribution in [0.25, 0.3) is 0 Å². The number of hydrogen-bond acceptors (Lipinski definition) is 3. The molecule has 2 N–H and O–H groups in total. The fourth-order valence-electron chi connectivity index (χ4n) is 3.51. The van der Waals surface area contributed by atoms with E-state index in [1.807, 2.05) is 60.7 Å². The van der Waals surface area contributed by atoms with Gasteiger partial charge in [-0.3, -0.25) is 4.79 Å². The Hall–Kier alpha value is -2.17. The van der Waals surface area contributed by atoms with Gasteiger partial charge >= 0.3 is 0 Å². The molecule has 4 nitrogen and oxygen atoms in total. The molecule has 0 aliphatic heterocycles. The van der Waals surface area contributed by atoms with Crippen molar-refractivity contribution >= 4 is 5.91 Å². The Morgan fingerprint density at radius 1 is 1.04 bits per heavy atom. The zero-order valence-corrected chi connectivity index (χ0v) is 14.5. The molecule has 0 aromatic heterocycles. The zero-order chi connectivity index (χ0) is 17.6. The van der Waals surface area contributed by atoms with Gasteiger partial charge in [-0.25, -0.2) is 0 Å². The van der Waals surface area contributed by atoms with E-state index < -0.39 is 6.10 Å². The van der Waals surface area contributed by atoms with Crippen molar-refractivity contribution in [3.8, 4) is 0 Å². The molecule has 0 spiro atoms. The van der Waals surface area contributed by atoms with Gasteiger partial charge in [0.2, 0.25) is 5.91 Å². The molecular formula is C21H25NO3. The van der Waals surface area contributed by atoms with Crippen LogP contribution >= 0.6 is 0 Å². The third-order valence-electron chi connectivity index (χ3n) is 4.98. The first-order valence-corrected chi connectivity index (χ1v) is 8.80. The molecule has 3 atom stereocenters. The molecule has 1 saturated carbocycles. The summed E-state index contributed by atoms with van der Waals surface area (Å²) in [6.07, 6.45) is 1.09. The molecule has 1 aliphatic rings. The summed E-state index contributed by atoms with van der Waals surface area (Å²) in [5, 5.41) is 13.2. The predicted molar refractivity (Wildman–Crippen MR) is 97.0 cm³/mol. The summed E-state index contributed by atoms with van der Waals surface area (Å²) in [7, 11) is 1.59. The normalized spacial score (nSPS) is 23.4. The fraction of sp³-hybridized carbons (Fsp3) is 0.381. The number of ether oxygens (including phenoxy) is 1. The van der Waals surface area contributed by atoms with Crippen LogP contribution in [-0.2, 0) is 9.53 Å². The molecule has 1 amide bonds. The van der Waals surface area contributed by atoms with Gasteiger partial charge < -0.3 is 15.2 Å². The van der Waals surface area contributed by atoms with Crippen LogP contribution in [0.4, 0.5) is 0 Å². The second-order valence-electron chi connectivity index (χ2n) is 6.61. The number of hydrogen-bond donors (Lipinski definition) is 2. The molecule has 2 aromatic rings. The average molecular weight is 339 g/mol. The van der Waals surface area contributed by atoms with Crippen molar-refractivity contribution in [1.29, 1.82) is 0 Å². The number of nitrogens with one attached hydrogen (secondary N) is 1. The predicted octanol–water partition coefficient (Wildman–Crippen LogP) is 3.07. The molecule has 1 aliphatic carbocycles. The topological polar surface area (TPSA) is 58.6 Å². The minimum atomic E-state index is -0.479. The number of carbonyl (C=O) groups excluding carboxylic acids is 1. The summed E-state index contributed by atoms with van der Waals surface area (Å²) >= 11 is 0. The number of amides is 1. The Labute approximate surface area is 148 Å². The lowest BCUT2D eigenvalue weighted by Gasteiger charge is -2.32. The van der Waals surface area contributed by atoms with Crippen LogP contribution in [0, 0.1) is 5.92 Å². The quantitative estimate of drug-likeness (QED) is 0.880. The van der Waals surface area contributed by atoms with E-state index in [-0.39, 0.29) is 24.0 Å². The van der Waals surface area contributed by atoms with Crippen molar-refractivity contribution in [2.45, 2.75) is 37.5 Å². The van der Waals surface area contributed by atoms with Gasteiger partial charge in [0.05, 0.1) is 18.2 Å². The van der Waals surface area contributed by atoms with Crippen molar-refractivity contribution in [3.05, 3.63) is 71.8 Å². The summed E-state index contributed by atoms with van der Waals surface area (Å²) in [5.41, 5.74) is 2.11. The highest BCUT2D eigenvalue weighted by atomic mass is 16.5. The Kier molecular flexibility index (Phi) is 5.84. The molecule has 4 heteroatoms. The van der Waals surface area contributed by atoms with E-state index in [1.165, 1.54) is 0 Å². The van der Waals surface area contributed by atoms with Crippen molar-refractivity contribution in [3.63, 3.8) is 0 Å². The number of methoxy groups -OCH3 is 1. The molecule has 1 fully saturated rings. The van der Waals surface area contributed by atoms with Crippen molar-refractivity contribution < 1.29 is 14.6 Å². The maximum Gasteiger partial charge on any atom is 0.223 e. The van der Waals surface area contributed by atoms with Gasteiger partial charge in [-0.2, -0.15) is 0 Å². The molecule has 0 saturated heterocycles. The number of aliphatic hydroxyl groups is 1. The maximum atomic E-state index is 12.9. The highest BCUT2D eigenvalue weighted by Gasteiger charge is 2.33. The van der Waals surface area contributed by atoms with Gasteiger partial charge in [0.15, 0.2) is 0 Å². The largest absolute Gasteiger partial charge is 0.390 e. The van der Waals surface area contributed by atoms with Crippen molar-refractivity contribution in [2.24, 2.45) is 5.92 Å². The summed E-state index contributed by atoms with van der Waals surface area (Å²) in [5.74, 6) is -0.116. The molecular weight excluding hydrogens is 314 g/mol. The van der Waals surface area contributed by atoms with Crippen LogP contribution in [0.1, 0.15) is 36.4 Å². The summed E-state index contributed by atoms with van der Waals surface area (Å²) < 4.78 is 5.33. The maximum absolute atomic E-state index is 12.9. The van der Waals surface area contributed by atoms with Crippen LogP contribution in [0.3, 0.4) is 0 Å². The molecule has 3 rings (SSSR count). The fourth-order valence-corrected chi connectivity index (χ4v) is 3.51. The number of carbonyl (C=O) groups is 1. The first-order valence-electron chi connectivity index (χ1n) is 8.80. The van der Waals surface area contributed by atoms with Crippen LogP contribution < -0.4 is 5.32 Å². The molecule has 25 heavy (non-hydrogen) atoms. The second kappa shape index (κ2) is 8.28. The molecule has 0 unspecified atom stereocenters. The first kappa shape index (κ1) is 17.6. The Morgan fingerprint density at radius 2 is 1.60 bits per heavy atom. The highest BCUT2D eigenvalue weighted by Crippen LogP contribution is 2.29. The van der Waals surface area contributed by atoms with E-state index in [2.05, 4.69) is 5.32 Å². The van der Waals surface area contributed by atoms with E-state index in [4.69, 9.17) is 4.74 Å². The van der Waals surface area contributed by atoms with E-state index >= 15 is 0 Å². The average Bonchev–Trinajstić information content (AvgIpc) is 2.67. The summed E-state index contributed by atoms with van der Waals surface area (Å²) in [6, 6.07) is 19.8. The van der Waals surface area contributed by atoms with Gasteiger partial charge in [-0.15, -0.1) is 0 Å². The number of benzene rings is 2. The van der Waals surface area contributed by atoms with Crippen LogP contribution in [-0.4, -0.2) is 30.3 Å². The number of rotatable bonds is 5. The lowest BCUT2D eigenvalue weighted by molar-refractivity contribution is -0.130. The highest BCUT2D eigenvalue weighted by molar-refractivity contribution is 5.79. The molecule has 0 bridgehead atoms. The lowest BCUT2D eigenvalue weighted by atomic mass is 9.84. The van der Waals surface area contributed by atoms with Crippen molar-refractivity contribution in [1.82, 2.24) is 5.32 Å². The second-order valence-corrected chi connectivity index (χ2v) is 6.61. The van der Waals surface area contributed by atoms with Gasteiger partial charge in [0.25, 0.3) is 0 Å². The van der Waals surface area contributed by atoms with Crippen LogP contribution in [0.2, 0.25) is 0 Å². The van der Waals surface area contributed by atoms with Crippen LogP contribution in [0.15, 0.2) is 60.7 Å². The molecule has 0 heterocycles. The lowest BCUT2D eigenvalue weighted by Crippen LogP contribution is -2.42. The summed E-state index contributed by atoms with van der Waals surface area (Å²) in [4.78, 5) is 12.9. The Bertz CT molecular complexity index is 635. The van der Waals surface area contributed by atoms with Gasteiger partial charge in [-0.1, -0.05) is 60.7 Å². The SMILES string of the molecule is CO[C@@H]1C[C@H](C(=O)NC(c2ccccc2)c2ccccc2)CC[C@@H]1O. The van der Waals surface area contributed by atoms with Crippen LogP contribution in [0.5, 0.6) is 0 Å². The summed E-state index contributed by atoms with van der Waals surface area (Å²) in [6.45, 7) is 0. The third-order valence-corrected chi connectivity index (χ3v) is 4.98. The minimum Gasteiger partial charge on any atom is -0.390 e. The molecule has 132 valence electrons. The van der Waals surface area contributed by atoms with Gasteiger partial charge in [0.1, 0.15) is 0 Å². The molecule has 2 aromatic carbocycles. The zero-order valence-electron chi connectivity index (χ0n) is 14.5. The van der Waals surface area contributed by atoms with E-state index in [9.17, 15) is 9.90 Å². The van der Waals surface area contributed by atoms with Crippen molar-refractivity contribution in [2.75, 3.05) is 7.11 Å². The van der Waals surface area contributed by atoms with Gasteiger partial charge in [0, 0.05) is 13.0 Å². The third kappa shape index (κ3) is 4.27. The van der Waals surface area contributed by atoms with E-state index in [0.717, 1.165) is 11.1 Å². The van der Waals surface area contributed by atoms with E-state index in [0.29, 0.717) is 19.3 Å². The Balaban J connectivity index is 1.78. The monoisotopic (exact) mass is 339 g/mol. The molecule has 0 radical (unpaired) electrons. The smallest absolute Gasteiger partial charge is 0.223 e. The van der Waals surface area contributed by atoms with Gasteiger partial charge in [-0.05, 0) is 30.4 Å². The minimum absolute atomic E-state index is 0.0201. The Morgan fingerprint density at radius 3 is 2.12 bits per heavy atom. The van der Waals surface area contributed by atoms with E-state index in [1.54, 1.807) is 7.11 Å². The number of aliphatic hydroxyl groups excluding tert-OH is 1.